The standard InChI is InChI=1S/C27H26N4O2.C4H8.C2H6/c1-3-4-11-17-29-27(33)31(22-14-9-6-10-15-22)24-19-23(32)25-20(2)16-18-28-26(25)30(24)21-12-7-5-8-13-21;1-3-4-2;1-2/h4-16,18-19H,3,17H2,1-2H3,(H,29,33);3-4H,1-2H3;1-2H3/b11-4+;4-3-;. The molecular formula is C33H40N4O2. The number of nitrogens with one attached hydrogen (secondary N) is 1. The lowest BCUT2D eigenvalue weighted by Gasteiger charge is -2.27. The maximum atomic E-state index is 13.5. The molecule has 0 aliphatic carbocycles. The molecular weight excluding hydrogens is 484 g/mol. The Hall–Kier alpha value is -4.45. The lowest BCUT2D eigenvalue weighted by molar-refractivity contribution is 0.249. The molecule has 0 fully saturated rings. The highest BCUT2D eigenvalue weighted by Crippen LogP contribution is 2.30. The van der Waals surface area contributed by atoms with Gasteiger partial charge < -0.3 is 5.32 Å². The van der Waals surface area contributed by atoms with Gasteiger partial charge in [0, 0.05) is 24.5 Å². The minimum absolute atomic E-state index is 0.183. The van der Waals surface area contributed by atoms with Crippen LogP contribution in [-0.2, 0) is 0 Å². The molecule has 2 heterocycles. The number of fused-ring (bicyclic) bond motifs is 1. The fraction of sp³-hybridized carbons (Fsp3) is 0.242. The highest BCUT2D eigenvalue weighted by molar-refractivity contribution is 6.00. The first-order valence-electron chi connectivity index (χ1n) is 13.5. The molecule has 0 atom stereocenters. The molecule has 0 saturated carbocycles. The number of aromatic nitrogens is 2. The summed E-state index contributed by atoms with van der Waals surface area (Å²) in [5, 5.41) is 3.47. The third-order valence-electron chi connectivity index (χ3n) is 5.65. The summed E-state index contributed by atoms with van der Waals surface area (Å²) >= 11 is 0. The van der Waals surface area contributed by atoms with E-state index < -0.39 is 0 Å². The average Bonchev–Trinajstić information content (AvgIpc) is 2.98. The van der Waals surface area contributed by atoms with Gasteiger partial charge >= 0.3 is 6.03 Å². The number of carbonyl (C=O) groups is 1. The maximum Gasteiger partial charge on any atom is 0.327 e. The second kappa shape index (κ2) is 16.4. The Kier molecular flexibility index (Phi) is 12.9. The molecule has 4 rings (SSSR count). The van der Waals surface area contributed by atoms with Crippen LogP contribution in [0.4, 0.5) is 16.3 Å². The SMILES string of the molecule is C/C=C\C.CC.CC/C=C/CNC(=O)N(c1ccccc1)c1cc(=O)c2c(C)ccnc2n1-c1ccccc1. The van der Waals surface area contributed by atoms with Crippen LogP contribution in [0.1, 0.15) is 46.6 Å². The van der Waals surface area contributed by atoms with Crippen LogP contribution in [0.3, 0.4) is 0 Å². The largest absolute Gasteiger partial charge is 0.334 e. The van der Waals surface area contributed by atoms with Crippen LogP contribution in [0, 0.1) is 6.92 Å². The maximum absolute atomic E-state index is 13.5. The Morgan fingerprint density at radius 3 is 2.15 bits per heavy atom. The topological polar surface area (TPSA) is 67.2 Å². The molecule has 4 aromatic rings. The van der Waals surface area contributed by atoms with Gasteiger partial charge in [-0.3, -0.25) is 9.36 Å². The molecule has 2 aromatic carbocycles. The predicted molar refractivity (Wildman–Crippen MR) is 165 cm³/mol. The van der Waals surface area contributed by atoms with Gasteiger partial charge in [-0.15, -0.1) is 0 Å². The third kappa shape index (κ3) is 8.01. The first-order valence-corrected chi connectivity index (χ1v) is 13.5. The summed E-state index contributed by atoms with van der Waals surface area (Å²) in [6.07, 6.45) is 10.5. The van der Waals surface area contributed by atoms with E-state index in [1.165, 1.54) is 11.0 Å². The fourth-order valence-corrected chi connectivity index (χ4v) is 3.78. The molecule has 0 bridgehead atoms. The summed E-state index contributed by atoms with van der Waals surface area (Å²) in [4.78, 5) is 32.8. The highest BCUT2D eigenvalue weighted by atomic mass is 16.2. The van der Waals surface area contributed by atoms with Crippen molar-refractivity contribution in [3.05, 3.63) is 119 Å². The number of hydrogen-bond donors (Lipinski definition) is 1. The Morgan fingerprint density at radius 1 is 0.949 bits per heavy atom. The van der Waals surface area contributed by atoms with Crippen molar-refractivity contribution >= 4 is 28.6 Å². The molecule has 2 aromatic heterocycles. The van der Waals surface area contributed by atoms with Crippen molar-refractivity contribution < 1.29 is 4.79 Å². The van der Waals surface area contributed by atoms with E-state index in [-0.39, 0.29) is 11.5 Å². The van der Waals surface area contributed by atoms with Crippen LogP contribution in [0.2, 0.25) is 0 Å². The predicted octanol–water partition coefficient (Wildman–Crippen LogP) is 8.12. The van der Waals surface area contributed by atoms with E-state index in [1.54, 1.807) is 6.20 Å². The summed E-state index contributed by atoms with van der Waals surface area (Å²) in [6.45, 7) is 12.3. The van der Waals surface area contributed by atoms with Crippen LogP contribution in [-0.4, -0.2) is 22.1 Å². The normalized spacial score (nSPS) is 10.5. The second-order valence-electron chi connectivity index (χ2n) is 8.27. The molecule has 1 N–H and O–H groups in total. The van der Waals surface area contributed by atoms with Gasteiger partial charge in [-0.25, -0.2) is 14.7 Å². The summed E-state index contributed by atoms with van der Waals surface area (Å²) < 4.78 is 1.86. The number of urea groups is 1. The summed E-state index contributed by atoms with van der Waals surface area (Å²) in [7, 11) is 0. The molecule has 0 saturated heterocycles. The van der Waals surface area contributed by atoms with Crippen molar-refractivity contribution in [2.24, 2.45) is 0 Å². The number of hydrogen-bond acceptors (Lipinski definition) is 3. The van der Waals surface area contributed by atoms with Gasteiger partial charge in [-0.1, -0.05) is 81.5 Å². The number of nitrogens with zero attached hydrogens (tertiary/aromatic N) is 3. The Labute approximate surface area is 232 Å². The zero-order valence-corrected chi connectivity index (χ0v) is 23.9. The van der Waals surface area contributed by atoms with Gasteiger partial charge in [0.2, 0.25) is 0 Å². The van der Waals surface area contributed by atoms with Crippen LogP contribution in [0.5, 0.6) is 0 Å². The lowest BCUT2D eigenvalue weighted by atomic mass is 10.1. The second-order valence-corrected chi connectivity index (χ2v) is 8.27. The van der Waals surface area contributed by atoms with E-state index in [4.69, 9.17) is 0 Å². The molecule has 6 heteroatoms. The van der Waals surface area contributed by atoms with Crippen molar-refractivity contribution in [2.45, 2.75) is 48.0 Å². The number of rotatable bonds is 6. The Morgan fingerprint density at radius 2 is 1.56 bits per heavy atom. The third-order valence-corrected chi connectivity index (χ3v) is 5.65. The lowest BCUT2D eigenvalue weighted by Crippen LogP contribution is -2.39. The quantitative estimate of drug-likeness (QED) is 0.259. The van der Waals surface area contributed by atoms with Crippen molar-refractivity contribution in [1.29, 1.82) is 0 Å². The minimum Gasteiger partial charge on any atom is -0.334 e. The molecule has 2 amide bonds. The number of pyridine rings is 2. The zero-order valence-electron chi connectivity index (χ0n) is 23.9. The van der Waals surface area contributed by atoms with E-state index in [0.717, 1.165) is 17.7 Å². The van der Waals surface area contributed by atoms with E-state index in [1.807, 2.05) is 137 Å². The minimum atomic E-state index is -0.335. The number of allylic oxidation sites excluding steroid dienone is 3. The fourth-order valence-electron chi connectivity index (χ4n) is 3.78. The molecule has 6 nitrogen and oxygen atoms in total. The van der Waals surface area contributed by atoms with Gasteiger partial charge in [0.05, 0.1) is 11.1 Å². The highest BCUT2D eigenvalue weighted by Gasteiger charge is 2.24. The van der Waals surface area contributed by atoms with Crippen molar-refractivity contribution in [3.8, 4) is 5.69 Å². The number of amides is 2. The van der Waals surface area contributed by atoms with Crippen LogP contribution < -0.4 is 15.6 Å². The van der Waals surface area contributed by atoms with E-state index in [0.29, 0.717) is 29.1 Å². The van der Waals surface area contributed by atoms with Crippen LogP contribution in [0.15, 0.2) is 108 Å². The van der Waals surface area contributed by atoms with Crippen molar-refractivity contribution in [1.82, 2.24) is 14.9 Å². The summed E-state index contributed by atoms with van der Waals surface area (Å²) in [5.41, 5.74) is 2.60. The number of anilines is 2. The summed E-state index contributed by atoms with van der Waals surface area (Å²) in [6, 6.07) is 21.9. The van der Waals surface area contributed by atoms with E-state index in [9.17, 15) is 9.59 Å². The van der Waals surface area contributed by atoms with Gasteiger partial charge in [-0.2, -0.15) is 0 Å². The van der Waals surface area contributed by atoms with Crippen molar-refractivity contribution in [2.75, 3.05) is 11.4 Å². The smallest absolute Gasteiger partial charge is 0.327 e. The molecule has 0 spiro atoms. The number of para-hydroxylation sites is 2. The van der Waals surface area contributed by atoms with Gasteiger partial charge in [-0.05, 0) is 63.1 Å². The molecule has 0 aliphatic rings. The average molecular weight is 525 g/mol. The van der Waals surface area contributed by atoms with Crippen LogP contribution >= 0.6 is 0 Å². The number of carbonyl (C=O) groups excluding carboxylic acids is 1. The molecule has 39 heavy (non-hydrogen) atoms. The first-order chi connectivity index (χ1) is 19.0. The molecule has 204 valence electrons. The number of aryl methyl sites for hydroxylation is 1. The van der Waals surface area contributed by atoms with Gasteiger partial charge in [0.25, 0.3) is 0 Å². The molecule has 0 aliphatic heterocycles. The summed E-state index contributed by atoms with van der Waals surface area (Å²) in [5.74, 6) is 0.417. The molecule has 0 unspecified atom stereocenters. The monoisotopic (exact) mass is 524 g/mol. The Balaban J connectivity index is 0.000000815. The van der Waals surface area contributed by atoms with Crippen molar-refractivity contribution in [3.63, 3.8) is 0 Å². The van der Waals surface area contributed by atoms with Gasteiger partial charge in [0.15, 0.2) is 5.43 Å². The number of benzene rings is 2. The first kappa shape index (κ1) is 30.8. The van der Waals surface area contributed by atoms with Crippen LogP contribution in [0.25, 0.3) is 16.7 Å². The van der Waals surface area contributed by atoms with E-state index >= 15 is 0 Å². The Bertz CT molecular complexity index is 1420. The molecule has 0 radical (unpaired) electrons. The van der Waals surface area contributed by atoms with Gasteiger partial charge in [0.1, 0.15) is 11.5 Å². The zero-order chi connectivity index (χ0) is 28.6. The van der Waals surface area contributed by atoms with E-state index in [2.05, 4.69) is 10.3 Å².